The maximum absolute atomic E-state index is 6.28. The molecule has 0 saturated heterocycles. The molecule has 0 bridgehead atoms. The maximum Gasteiger partial charge on any atom is 0.243 e. The normalized spacial score (nSPS) is 16.6. The van der Waals surface area contributed by atoms with Crippen molar-refractivity contribution >= 4 is 23.3 Å². The van der Waals surface area contributed by atoms with Crippen LogP contribution in [0, 0.1) is 0 Å². The van der Waals surface area contributed by atoms with E-state index in [1.807, 2.05) is 18.3 Å². The highest BCUT2D eigenvalue weighted by Gasteiger charge is 2.24. The Bertz CT molecular complexity index is 776. The van der Waals surface area contributed by atoms with Crippen molar-refractivity contribution in [2.75, 3.05) is 0 Å². The summed E-state index contributed by atoms with van der Waals surface area (Å²) in [6, 6.07) is 7.97. The molecule has 23 heavy (non-hydrogen) atoms. The van der Waals surface area contributed by atoms with E-state index >= 15 is 0 Å². The first-order valence-electron chi connectivity index (χ1n) is 7.95. The molecule has 3 aromatic rings. The van der Waals surface area contributed by atoms with Gasteiger partial charge in [0.15, 0.2) is 5.82 Å². The Morgan fingerprint density at radius 3 is 2.87 bits per heavy atom. The zero-order chi connectivity index (χ0) is 14.9. The van der Waals surface area contributed by atoms with Crippen LogP contribution in [0.2, 0.25) is 0 Å². The van der Waals surface area contributed by atoms with Gasteiger partial charge in [-0.05, 0) is 30.9 Å². The van der Waals surface area contributed by atoms with E-state index < -0.39 is 0 Å². The highest BCUT2D eigenvalue weighted by Crippen LogP contribution is 2.33. The number of halogens is 1. The molecule has 5 nitrogen and oxygen atoms in total. The highest BCUT2D eigenvalue weighted by atomic mass is 35.5. The molecule has 2 aromatic heterocycles. The molecule has 0 radical (unpaired) electrons. The van der Waals surface area contributed by atoms with Gasteiger partial charge in [0.25, 0.3) is 0 Å². The number of benzene rings is 1. The Morgan fingerprint density at radius 1 is 1.26 bits per heavy atom. The minimum absolute atomic E-state index is 0. The van der Waals surface area contributed by atoms with E-state index in [4.69, 9.17) is 10.3 Å². The van der Waals surface area contributed by atoms with Gasteiger partial charge in [0.05, 0.1) is 6.04 Å². The largest absolute Gasteiger partial charge is 0.361 e. The molecular formula is C17H21ClN4O. The molecule has 0 spiro atoms. The molecule has 1 aliphatic rings. The SMILES string of the molecule is Cl.N[C@@H](Cc1c[nH]c2ccccc12)c1nc(C2CCCC2)no1. The minimum atomic E-state index is -0.262. The summed E-state index contributed by atoms with van der Waals surface area (Å²) >= 11 is 0. The molecule has 1 atom stereocenters. The lowest BCUT2D eigenvalue weighted by Gasteiger charge is -2.05. The zero-order valence-electron chi connectivity index (χ0n) is 12.9. The number of rotatable bonds is 4. The molecule has 1 saturated carbocycles. The number of para-hydroxylation sites is 1. The van der Waals surface area contributed by atoms with Crippen LogP contribution >= 0.6 is 12.4 Å². The van der Waals surface area contributed by atoms with E-state index in [9.17, 15) is 0 Å². The van der Waals surface area contributed by atoms with Gasteiger partial charge in [-0.3, -0.25) is 0 Å². The Kier molecular flexibility index (Phi) is 4.68. The Morgan fingerprint density at radius 2 is 2.04 bits per heavy atom. The summed E-state index contributed by atoms with van der Waals surface area (Å²) in [5.74, 6) is 1.84. The van der Waals surface area contributed by atoms with Crippen LogP contribution in [0.25, 0.3) is 10.9 Å². The van der Waals surface area contributed by atoms with E-state index in [2.05, 4.69) is 27.3 Å². The Balaban J connectivity index is 0.00000156. The fourth-order valence-electron chi connectivity index (χ4n) is 3.37. The van der Waals surface area contributed by atoms with Gasteiger partial charge in [-0.2, -0.15) is 4.98 Å². The predicted octanol–water partition coefficient (Wildman–Crippen LogP) is 3.87. The van der Waals surface area contributed by atoms with Crippen LogP contribution in [0.1, 0.15) is 54.9 Å². The molecule has 1 aliphatic carbocycles. The van der Waals surface area contributed by atoms with Crippen LogP contribution in [0.3, 0.4) is 0 Å². The fourth-order valence-corrected chi connectivity index (χ4v) is 3.37. The quantitative estimate of drug-likeness (QED) is 0.759. The number of nitrogens with zero attached hydrogens (tertiary/aromatic N) is 2. The van der Waals surface area contributed by atoms with Crippen molar-refractivity contribution in [1.82, 2.24) is 15.1 Å². The van der Waals surface area contributed by atoms with Crippen molar-refractivity contribution in [3.63, 3.8) is 0 Å². The third-order valence-electron chi connectivity index (χ3n) is 4.61. The first-order chi connectivity index (χ1) is 10.8. The van der Waals surface area contributed by atoms with Crippen molar-refractivity contribution in [2.45, 2.75) is 44.1 Å². The molecule has 2 heterocycles. The molecule has 1 aromatic carbocycles. The summed E-state index contributed by atoms with van der Waals surface area (Å²) in [4.78, 5) is 7.81. The van der Waals surface area contributed by atoms with Crippen molar-refractivity contribution in [1.29, 1.82) is 0 Å². The van der Waals surface area contributed by atoms with E-state index in [0.717, 1.165) is 24.2 Å². The van der Waals surface area contributed by atoms with Crippen LogP contribution in [0.5, 0.6) is 0 Å². The van der Waals surface area contributed by atoms with E-state index in [1.54, 1.807) is 0 Å². The molecule has 4 rings (SSSR count). The van der Waals surface area contributed by atoms with Gasteiger partial charge >= 0.3 is 0 Å². The lowest BCUT2D eigenvalue weighted by molar-refractivity contribution is 0.348. The smallest absolute Gasteiger partial charge is 0.243 e. The number of hydrogen-bond acceptors (Lipinski definition) is 4. The summed E-state index contributed by atoms with van der Waals surface area (Å²) in [6.07, 6.45) is 7.55. The van der Waals surface area contributed by atoms with Gasteiger partial charge in [0.1, 0.15) is 0 Å². The number of nitrogens with one attached hydrogen (secondary N) is 1. The first kappa shape index (κ1) is 16.0. The second-order valence-corrected chi connectivity index (χ2v) is 6.14. The molecule has 6 heteroatoms. The number of H-pyrrole nitrogens is 1. The molecule has 0 amide bonds. The third kappa shape index (κ3) is 3.12. The number of aromatic nitrogens is 3. The summed E-state index contributed by atoms with van der Waals surface area (Å²) < 4.78 is 5.40. The number of fused-ring (bicyclic) bond motifs is 1. The second kappa shape index (κ2) is 6.72. The molecule has 1 fully saturated rings. The van der Waals surface area contributed by atoms with Gasteiger partial charge in [0, 0.05) is 23.0 Å². The standard InChI is InChI=1S/C17H20N4O.ClH/c18-14(9-12-10-19-15-8-4-3-7-13(12)15)17-20-16(21-22-17)11-5-1-2-6-11;/h3-4,7-8,10-11,14,19H,1-2,5-6,9,18H2;1H/t14-;/m0./s1. The average Bonchev–Trinajstić information content (AvgIpc) is 3.28. The third-order valence-corrected chi connectivity index (χ3v) is 4.61. The van der Waals surface area contributed by atoms with Crippen LogP contribution < -0.4 is 5.73 Å². The topological polar surface area (TPSA) is 80.7 Å². The summed E-state index contributed by atoms with van der Waals surface area (Å²) in [6.45, 7) is 0. The van der Waals surface area contributed by atoms with E-state index in [0.29, 0.717) is 18.2 Å². The van der Waals surface area contributed by atoms with Gasteiger partial charge < -0.3 is 15.2 Å². The fraction of sp³-hybridized carbons (Fsp3) is 0.412. The molecule has 0 aliphatic heterocycles. The van der Waals surface area contributed by atoms with Crippen LogP contribution in [-0.4, -0.2) is 15.1 Å². The lowest BCUT2D eigenvalue weighted by atomic mass is 10.1. The molecule has 0 unspecified atom stereocenters. The maximum atomic E-state index is 6.28. The van der Waals surface area contributed by atoms with E-state index in [-0.39, 0.29) is 18.4 Å². The second-order valence-electron chi connectivity index (χ2n) is 6.14. The summed E-state index contributed by atoms with van der Waals surface area (Å²) in [7, 11) is 0. The van der Waals surface area contributed by atoms with Crippen molar-refractivity contribution in [3.8, 4) is 0 Å². The van der Waals surface area contributed by atoms with Gasteiger partial charge in [0.2, 0.25) is 5.89 Å². The van der Waals surface area contributed by atoms with Gasteiger partial charge in [-0.1, -0.05) is 36.2 Å². The summed E-state index contributed by atoms with van der Waals surface area (Å²) in [5.41, 5.74) is 8.59. The highest BCUT2D eigenvalue weighted by molar-refractivity contribution is 5.85. The van der Waals surface area contributed by atoms with Gasteiger partial charge in [-0.15, -0.1) is 12.4 Å². The van der Waals surface area contributed by atoms with Crippen LogP contribution in [0.4, 0.5) is 0 Å². The van der Waals surface area contributed by atoms with Crippen molar-refractivity contribution < 1.29 is 4.52 Å². The van der Waals surface area contributed by atoms with Crippen molar-refractivity contribution in [3.05, 3.63) is 47.7 Å². The monoisotopic (exact) mass is 332 g/mol. The number of nitrogens with two attached hydrogens (primary N) is 1. The first-order valence-corrected chi connectivity index (χ1v) is 7.95. The number of hydrogen-bond donors (Lipinski definition) is 2. The Hall–Kier alpha value is -1.85. The number of aromatic amines is 1. The summed E-state index contributed by atoms with van der Waals surface area (Å²) in [5, 5.41) is 5.34. The predicted molar refractivity (Wildman–Crippen MR) is 91.7 cm³/mol. The lowest BCUT2D eigenvalue weighted by Crippen LogP contribution is -2.13. The van der Waals surface area contributed by atoms with E-state index in [1.165, 1.54) is 23.8 Å². The van der Waals surface area contributed by atoms with Crippen molar-refractivity contribution in [2.24, 2.45) is 5.73 Å². The molecule has 3 N–H and O–H groups in total. The zero-order valence-corrected chi connectivity index (χ0v) is 13.7. The average molecular weight is 333 g/mol. The molecular weight excluding hydrogens is 312 g/mol. The van der Waals surface area contributed by atoms with Crippen LogP contribution in [0.15, 0.2) is 35.0 Å². The van der Waals surface area contributed by atoms with Crippen LogP contribution in [-0.2, 0) is 6.42 Å². The Labute approximate surface area is 141 Å². The molecule has 122 valence electrons. The van der Waals surface area contributed by atoms with Gasteiger partial charge in [-0.25, -0.2) is 0 Å². The minimum Gasteiger partial charge on any atom is -0.361 e.